The van der Waals surface area contributed by atoms with E-state index in [9.17, 15) is 4.79 Å². The van der Waals surface area contributed by atoms with Crippen LogP contribution in [0.4, 0.5) is 0 Å². The van der Waals surface area contributed by atoms with Gasteiger partial charge in [-0.3, -0.25) is 9.69 Å². The third-order valence-electron chi connectivity index (χ3n) is 5.47. The number of carbonyl (C=O) groups is 1. The van der Waals surface area contributed by atoms with E-state index < -0.39 is 0 Å². The Morgan fingerprint density at radius 2 is 1.86 bits per heavy atom. The lowest BCUT2D eigenvalue weighted by atomic mass is 10.0. The van der Waals surface area contributed by atoms with Crippen molar-refractivity contribution in [1.29, 1.82) is 0 Å². The minimum Gasteiger partial charge on any atom is -0.368 e. The van der Waals surface area contributed by atoms with E-state index in [4.69, 9.17) is 4.74 Å². The lowest BCUT2D eigenvalue weighted by Gasteiger charge is -2.35. The van der Waals surface area contributed by atoms with Gasteiger partial charge in [0, 0.05) is 18.6 Å². The van der Waals surface area contributed by atoms with Crippen LogP contribution < -0.4 is 0 Å². The van der Waals surface area contributed by atoms with Crippen molar-refractivity contribution in [2.75, 3.05) is 26.2 Å². The van der Waals surface area contributed by atoms with Crippen LogP contribution in [0.15, 0.2) is 0 Å². The molecule has 1 aliphatic carbocycles. The maximum atomic E-state index is 12.7. The Labute approximate surface area is 128 Å². The van der Waals surface area contributed by atoms with E-state index in [0.29, 0.717) is 12.1 Å². The molecule has 4 nitrogen and oxygen atoms in total. The molecule has 2 heterocycles. The Kier molecular flexibility index (Phi) is 4.85. The largest absolute Gasteiger partial charge is 0.368 e. The Morgan fingerprint density at radius 3 is 2.57 bits per heavy atom. The molecule has 0 N–H and O–H groups in total. The van der Waals surface area contributed by atoms with Crippen LogP contribution in [0, 0.1) is 5.92 Å². The first kappa shape index (κ1) is 15.3. The van der Waals surface area contributed by atoms with Gasteiger partial charge in [0.05, 0.1) is 6.61 Å². The van der Waals surface area contributed by atoms with Crippen molar-refractivity contribution in [3.05, 3.63) is 0 Å². The highest BCUT2D eigenvalue weighted by Gasteiger charge is 2.40. The molecule has 3 unspecified atom stereocenters. The standard InChI is InChI=1S/C17H30N2O2/c1-3-18-10-4-6-15(18)16-7-5-11-19(16)17(20)13(2)21-12-14-8-9-14/h13-16H,3-12H2,1-2H3. The number of rotatable bonds is 6. The second-order valence-electron chi connectivity index (χ2n) is 7.00. The van der Waals surface area contributed by atoms with Crippen LogP contribution in [0.5, 0.6) is 0 Å². The van der Waals surface area contributed by atoms with Crippen LogP contribution in [0.3, 0.4) is 0 Å². The molecular weight excluding hydrogens is 264 g/mol. The van der Waals surface area contributed by atoms with Crippen molar-refractivity contribution >= 4 is 5.91 Å². The molecule has 0 bridgehead atoms. The Hall–Kier alpha value is -0.610. The van der Waals surface area contributed by atoms with E-state index in [1.807, 2.05) is 6.92 Å². The number of likely N-dealkylation sites (N-methyl/N-ethyl adjacent to an activating group) is 1. The first-order valence-corrected chi connectivity index (χ1v) is 8.86. The van der Waals surface area contributed by atoms with Gasteiger partial charge in [0.15, 0.2) is 0 Å². The van der Waals surface area contributed by atoms with Gasteiger partial charge in [0.1, 0.15) is 6.10 Å². The number of hydrogen-bond acceptors (Lipinski definition) is 3. The fraction of sp³-hybridized carbons (Fsp3) is 0.941. The molecular formula is C17H30N2O2. The molecule has 0 aromatic rings. The van der Waals surface area contributed by atoms with Gasteiger partial charge in [0.2, 0.25) is 0 Å². The highest BCUT2D eigenvalue weighted by atomic mass is 16.5. The predicted molar refractivity (Wildman–Crippen MR) is 83.1 cm³/mol. The van der Waals surface area contributed by atoms with Crippen molar-refractivity contribution in [2.24, 2.45) is 5.92 Å². The van der Waals surface area contributed by atoms with Gasteiger partial charge >= 0.3 is 0 Å². The third-order valence-corrected chi connectivity index (χ3v) is 5.47. The minimum absolute atomic E-state index is 0.223. The lowest BCUT2D eigenvalue weighted by Crippen LogP contribution is -2.50. The summed E-state index contributed by atoms with van der Waals surface area (Å²) >= 11 is 0. The predicted octanol–water partition coefficient (Wildman–Crippen LogP) is 2.28. The van der Waals surface area contributed by atoms with E-state index >= 15 is 0 Å². The van der Waals surface area contributed by atoms with Gasteiger partial charge in [-0.1, -0.05) is 6.92 Å². The number of likely N-dealkylation sites (tertiary alicyclic amines) is 2. The molecule has 0 spiro atoms. The molecule has 3 fully saturated rings. The summed E-state index contributed by atoms with van der Waals surface area (Å²) < 4.78 is 5.80. The smallest absolute Gasteiger partial charge is 0.251 e. The highest BCUT2D eigenvalue weighted by molar-refractivity contribution is 5.81. The zero-order valence-electron chi connectivity index (χ0n) is 13.6. The summed E-state index contributed by atoms with van der Waals surface area (Å²) in [6, 6.07) is 1.00. The maximum absolute atomic E-state index is 12.7. The van der Waals surface area contributed by atoms with Crippen LogP contribution in [0.1, 0.15) is 52.4 Å². The Bertz CT molecular complexity index is 370. The van der Waals surface area contributed by atoms with E-state index in [0.717, 1.165) is 32.0 Å². The van der Waals surface area contributed by atoms with Crippen LogP contribution in [0.25, 0.3) is 0 Å². The second-order valence-corrected chi connectivity index (χ2v) is 7.00. The number of carbonyl (C=O) groups excluding carboxylic acids is 1. The average Bonchev–Trinajstić information content (AvgIpc) is 3.02. The van der Waals surface area contributed by atoms with E-state index in [1.165, 1.54) is 38.6 Å². The number of nitrogens with zero attached hydrogens (tertiary/aromatic N) is 2. The molecule has 3 atom stereocenters. The topological polar surface area (TPSA) is 32.8 Å². The zero-order chi connectivity index (χ0) is 14.8. The summed E-state index contributed by atoms with van der Waals surface area (Å²) in [5.41, 5.74) is 0. The number of hydrogen-bond donors (Lipinski definition) is 0. The van der Waals surface area contributed by atoms with Gasteiger partial charge in [-0.2, -0.15) is 0 Å². The van der Waals surface area contributed by atoms with Gasteiger partial charge in [0.25, 0.3) is 5.91 Å². The third kappa shape index (κ3) is 3.42. The van der Waals surface area contributed by atoms with Gasteiger partial charge in [-0.15, -0.1) is 0 Å². The molecule has 4 heteroatoms. The first-order valence-electron chi connectivity index (χ1n) is 8.86. The van der Waals surface area contributed by atoms with Crippen LogP contribution in [-0.4, -0.2) is 60.1 Å². The summed E-state index contributed by atoms with van der Waals surface area (Å²) in [6.07, 6.45) is 7.15. The van der Waals surface area contributed by atoms with E-state index in [-0.39, 0.29) is 12.0 Å². The molecule has 2 aliphatic heterocycles. The van der Waals surface area contributed by atoms with Crippen LogP contribution in [0.2, 0.25) is 0 Å². The second kappa shape index (κ2) is 6.66. The summed E-state index contributed by atoms with van der Waals surface area (Å²) in [5, 5.41) is 0. The van der Waals surface area contributed by atoms with Crippen LogP contribution >= 0.6 is 0 Å². The highest BCUT2D eigenvalue weighted by Crippen LogP contribution is 2.31. The SMILES string of the molecule is CCN1CCCC1C1CCCN1C(=O)C(C)OCC1CC1. The molecule has 21 heavy (non-hydrogen) atoms. The molecule has 0 aromatic heterocycles. The molecule has 3 aliphatic rings. The molecule has 2 saturated heterocycles. The molecule has 120 valence electrons. The molecule has 0 aromatic carbocycles. The van der Waals surface area contributed by atoms with Crippen molar-refractivity contribution in [3.8, 4) is 0 Å². The fourth-order valence-electron chi connectivity index (χ4n) is 4.02. The fourth-order valence-corrected chi connectivity index (χ4v) is 4.02. The lowest BCUT2D eigenvalue weighted by molar-refractivity contribution is -0.144. The number of ether oxygens (including phenoxy) is 1. The molecule has 1 amide bonds. The van der Waals surface area contributed by atoms with Crippen molar-refractivity contribution in [3.63, 3.8) is 0 Å². The molecule has 3 rings (SSSR count). The summed E-state index contributed by atoms with van der Waals surface area (Å²) in [5.74, 6) is 0.946. The Morgan fingerprint density at radius 1 is 1.14 bits per heavy atom. The first-order chi connectivity index (χ1) is 10.2. The quantitative estimate of drug-likeness (QED) is 0.753. The van der Waals surface area contributed by atoms with Crippen molar-refractivity contribution < 1.29 is 9.53 Å². The minimum atomic E-state index is -0.261. The monoisotopic (exact) mass is 294 g/mol. The van der Waals surface area contributed by atoms with Gasteiger partial charge < -0.3 is 9.64 Å². The van der Waals surface area contributed by atoms with Gasteiger partial charge in [-0.25, -0.2) is 0 Å². The van der Waals surface area contributed by atoms with Crippen molar-refractivity contribution in [1.82, 2.24) is 9.80 Å². The Balaban J connectivity index is 1.58. The van der Waals surface area contributed by atoms with Crippen molar-refractivity contribution in [2.45, 2.75) is 70.6 Å². The zero-order valence-corrected chi connectivity index (χ0v) is 13.6. The van der Waals surface area contributed by atoms with Crippen LogP contribution in [-0.2, 0) is 9.53 Å². The summed E-state index contributed by atoms with van der Waals surface area (Å²) in [7, 11) is 0. The molecule has 0 radical (unpaired) electrons. The summed E-state index contributed by atoms with van der Waals surface area (Å²) in [4.78, 5) is 17.4. The maximum Gasteiger partial charge on any atom is 0.251 e. The average molecular weight is 294 g/mol. The normalized spacial score (nSPS) is 31.8. The molecule has 1 saturated carbocycles. The summed E-state index contributed by atoms with van der Waals surface area (Å²) in [6.45, 7) is 8.18. The van der Waals surface area contributed by atoms with Gasteiger partial charge in [-0.05, 0) is 64.5 Å². The van der Waals surface area contributed by atoms with E-state index in [1.54, 1.807) is 0 Å². The van der Waals surface area contributed by atoms with E-state index in [2.05, 4.69) is 16.7 Å². The number of amides is 1.